The van der Waals surface area contributed by atoms with Crippen LogP contribution in [-0.2, 0) is 9.59 Å². The Bertz CT molecular complexity index is 1270. The minimum absolute atomic E-state index is 0.0191. The van der Waals surface area contributed by atoms with Crippen molar-refractivity contribution in [2.45, 2.75) is 12.3 Å². The van der Waals surface area contributed by atoms with E-state index in [2.05, 4.69) is 25.9 Å². The van der Waals surface area contributed by atoms with Gasteiger partial charge >= 0.3 is 0 Å². The van der Waals surface area contributed by atoms with Gasteiger partial charge in [0.2, 0.25) is 17.8 Å². The maximum atomic E-state index is 12.8. The molecule has 162 valence electrons. The summed E-state index contributed by atoms with van der Waals surface area (Å²) in [5, 5.41) is 19.3. The van der Waals surface area contributed by atoms with Crippen molar-refractivity contribution in [3.8, 4) is 0 Å². The number of nitro benzene ring substituents is 1. The number of H-pyrrole nitrogens is 1. The molecule has 0 unspecified atom stereocenters. The van der Waals surface area contributed by atoms with Gasteiger partial charge in [-0.05, 0) is 36.4 Å². The van der Waals surface area contributed by atoms with Gasteiger partial charge in [-0.15, -0.1) is 0 Å². The van der Waals surface area contributed by atoms with Crippen LogP contribution in [0.3, 0.4) is 0 Å². The molecule has 0 saturated carbocycles. The third kappa shape index (κ3) is 4.42. The summed E-state index contributed by atoms with van der Waals surface area (Å²) in [5.41, 5.74) is 0.193. The van der Waals surface area contributed by atoms with Crippen molar-refractivity contribution < 1.29 is 14.5 Å². The fourth-order valence-electron chi connectivity index (χ4n) is 3.22. The van der Waals surface area contributed by atoms with Gasteiger partial charge in [0.25, 0.3) is 11.2 Å². The molecule has 3 aromatic rings. The Hall–Kier alpha value is -4.25. The zero-order valence-electron chi connectivity index (χ0n) is 16.2. The first kappa shape index (κ1) is 21.0. The summed E-state index contributed by atoms with van der Waals surface area (Å²) in [6, 6.07) is 11.9. The van der Waals surface area contributed by atoms with E-state index in [0.717, 1.165) is 0 Å². The normalized spacial score (nSPS) is 14.8. The van der Waals surface area contributed by atoms with Crippen LogP contribution in [0.4, 0.5) is 28.8 Å². The van der Waals surface area contributed by atoms with Crippen LogP contribution in [-0.4, -0.2) is 26.7 Å². The summed E-state index contributed by atoms with van der Waals surface area (Å²) in [6.07, 6.45) is -0.249. The predicted molar refractivity (Wildman–Crippen MR) is 117 cm³/mol. The van der Waals surface area contributed by atoms with E-state index in [9.17, 15) is 24.5 Å². The van der Waals surface area contributed by atoms with E-state index in [-0.39, 0.29) is 29.4 Å². The Labute approximate surface area is 185 Å². The van der Waals surface area contributed by atoms with E-state index in [1.165, 1.54) is 24.3 Å². The van der Waals surface area contributed by atoms with Crippen molar-refractivity contribution >= 4 is 52.2 Å². The summed E-state index contributed by atoms with van der Waals surface area (Å²) in [5.74, 6) is -2.12. The van der Waals surface area contributed by atoms with Gasteiger partial charge in [-0.1, -0.05) is 11.6 Å². The molecule has 12 heteroatoms. The van der Waals surface area contributed by atoms with Crippen molar-refractivity contribution in [3.05, 3.63) is 79.6 Å². The number of hydrogen-bond donors (Lipinski definition) is 4. The molecule has 1 aromatic heterocycles. The number of rotatable bonds is 5. The zero-order valence-corrected chi connectivity index (χ0v) is 17.0. The van der Waals surface area contributed by atoms with Gasteiger partial charge < -0.3 is 16.0 Å². The summed E-state index contributed by atoms with van der Waals surface area (Å²) >= 11 is 5.86. The average molecular weight is 455 g/mol. The third-order valence-electron chi connectivity index (χ3n) is 4.72. The highest BCUT2D eigenvalue weighted by molar-refractivity contribution is 6.30. The van der Waals surface area contributed by atoms with E-state index >= 15 is 0 Å². The number of amides is 2. The molecule has 0 spiro atoms. The number of carbonyl (C=O) groups is 2. The molecule has 0 aliphatic carbocycles. The van der Waals surface area contributed by atoms with E-state index in [0.29, 0.717) is 16.4 Å². The second-order valence-electron chi connectivity index (χ2n) is 6.91. The third-order valence-corrected chi connectivity index (χ3v) is 4.97. The number of hydrogen-bond acceptors (Lipinski definition) is 7. The molecule has 1 aliphatic heterocycles. The maximum absolute atomic E-state index is 12.8. The minimum atomic E-state index is -1.09. The molecule has 2 heterocycles. The molecule has 2 aromatic carbocycles. The van der Waals surface area contributed by atoms with Crippen LogP contribution in [0.25, 0.3) is 0 Å². The Morgan fingerprint density at radius 3 is 2.41 bits per heavy atom. The monoisotopic (exact) mass is 454 g/mol. The number of fused-ring (bicyclic) bond motifs is 1. The first-order valence-corrected chi connectivity index (χ1v) is 9.70. The number of nitrogens with one attached hydrogen (secondary N) is 4. The van der Waals surface area contributed by atoms with Crippen molar-refractivity contribution in [2.24, 2.45) is 0 Å². The molecular weight excluding hydrogens is 440 g/mol. The highest BCUT2D eigenvalue weighted by Gasteiger charge is 2.34. The molecule has 0 bridgehead atoms. The molecule has 0 radical (unpaired) electrons. The molecule has 0 saturated heterocycles. The van der Waals surface area contributed by atoms with Gasteiger partial charge in [-0.25, -0.2) is 0 Å². The number of nitrogens with zero attached hydrogens (tertiary/aromatic N) is 2. The second kappa shape index (κ2) is 8.47. The summed E-state index contributed by atoms with van der Waals surface area (Å²) in [4.78, 5) is 54.8. The molecular formula is C20H15ClN6O5. The molecule has 32 heavy (non-hydrogen) atoms. The quantitative estimate of drug-likeness (QED) is 0.340. The highest BCUT2D eigenvalue weighted by atomic mass is 35.5. The zero-order chi connectivity index (χ0) is 22.8. The van der Waals surface area contributed by atoms with Gasteiger partial charge in [-0.3, -0.25) is 29.5 Å². The Kier molecular flexibility index (Phi) is 5.56. The SMILES string of the molecule is O=C1C[C@H](C(=O)Nc2ccc([N+](=O)[O-])cc2)c2c(nc(Nc3ccc(Cl)cc3)[nH]c2=O)N1. The van der Waals surface area contributed by atoms with Crippen molar-refractivity contribution in [2.75, 3.05) is 16.0 Å². The van der Waals surface area contributed by atoms with Crippen molar-refractivity contribution in [3.63, 3.8) is 0 Å². The number of aromatic nitrogens is 2. The number of aromatic amines is 1. The molecule has 11 nitrogen and oxygen atoms in total. The molecule has 4 N–H and O–H groups in total. The molecule has 0 fully saturated rings. The molecule has 1 aliphatic rings. The van der Waals surface area contributed by atoms with E-state index in [1.807, 2.05) is 0 Å². The van der Waals surface area contributed by atoms with Crippen LogP contribution >= 0.6 is 11.6 Å². The van der Waals surface area contributed by atoms with Gasteiger partial charge in [0.1, 0.15) is 5.82 Å². The largest absolute Gasteiger partial charge is 0.326 e. The summed E-state index contributed by atoms with van der Waals surface area (Å²) in [7, 11) is 0. The van der Waals surface area contributed by atoms with Crippen LogP contribution in [0.2, 0.25) is 5.02 Å². The smallest absolute Gasteiger partial charge is 0.269 e. The van der Waals surface area contributed by atoms with Crippen LogP contribution in [0.1, 0.15) is 17.9 Å². The molecule has 2 amide bonds. The fourth-order valence-corrected chi connectivity index (χ4v) is 3.35. The highest BCUT2D eigenvalue weighted by Crippen LogP contribution is 2.30. The van der Waals surface area contributed by atoms with Crippen LogP contribution < -0.4 is 21.5 Å². The van der Waals surface area contributed by atoms with Gasteiger partial charge in [0.15, 0.2) is 0 Å². The number of non-ortho nitro benzene ring substituents is 1. The lowest BCUT2D eigenvalue weighted by molar-refractivity contribution is -0.384. The average Bonchev–Trinajstić information content (AvgIpc) is 2.75. The topological polar surface area (TPSA) is 159 Å². The van der Waals surface area contributed by atoms with Gasteiger partial charge in [0, 0.05) is 35.0 Å². The maximum Gasteiger partial charge on any atom is 0.269 e. The van der Waals surface area contributed by atoms with Gasteiger partial charge in [0.05, 0.1) is 16.4 Å². The number of halogens is 1. The number of anilines is 4. The molecule has 1 atom stereocenters. The Morgan fingerprint density at radius 1 is 1.09 bits per heavy atom. The predicted octanol–water partition coefficient (Wildman–Crippen LogP) is 3.14. The van der Waals surface area contributed by atoms with Crippen LogP contribution in [0.15, 0.2) is 53.3 Å². The standard InChI is InChI=1S/C20H15ClN6O5/c21-10-1-3-12(4-2-10)23-20-25-17-16(19(30)26-20)14(9-15(28)24-17)18(29)22-11-5-7-13(8-6-11)27(31)32/h1-8,14H,9H2,(H,22,29)(H3,23,24,25,26,28,30)/t14-/m0/s1. The summed E-state index contributed by atoms with van der Waals surface area (Å²) < 4.78 is 0. The number of carbonyl (C=O) groups excluding carboxylic acids is 2. The Balaban J connectivity index is 1.59. The van der Waals surface area contributed by atoms with Crippen LogP contribution in [0.5, 0.6) is 0 Å². The lowest BCUT2D eigenvalue weighted by Crippen LogP contribution is -2.36. The lowest BCUT2D eigenvalue weighted by atomic mass is 9.92. The fraction of sp³-hybridized carbons (Fsp3) is 0.100. The number of nitro groups is 1. The second-order valence-corrected chi connectivity index (χ2v) is 7.34. The van der Waals surface area contributed by atoms with Crippen molar-refractivity contribution in [1.82, 2.24) is 9.97 Å². The number of benzene rings is 2. The van der Waals surface area contributed by atoms with E-state index in [4.69, 9.17) is 11.6 Å². The Morgan fingerprint density at radius 2 is 1.75 bits per heavy atom. The van der Waals surface area contributed by atoms with Crippen molar-refractivity contribution in [1.29, 1.82) is 0 Å². The van der Waals surface area contributed by atoms with Crippen LogP contribution in [0, 0.1) is 10.1 Å². The minimum Gasteiger partial charge on any atom is -0.326 e. The van der Waals surface area contributed by atoms with Gasteiger partial charge in [-0.2, -0.15) is 4.98 Å². The summed E-state index contributed by atoms with van der Waals surface area (Å²) in [6.45, 7) is 0. The first-order valence-electron chi connectivity index (χ1n) is 9.32. The first-order chi connectivity index (χ1) is 15.3. The lowest BCUT2D eigenvalue weighted by Gasteiger charge is -2.23. The molecule has 4 rings (SSSR count). The van der Waals surface area contributed by atoms with E-state index < -0.39 is 28.2 Å². The van der Waals surface area contributed by atoms with E-state index in [1.54, 1.807) is 24.3 Å².